The molecule has 1 aliphatic rings. The third-order valence-electron chi connectivity index (χ3n) is 4.35. The second-order valence-electron chi connectivity index (χ2n) is 5.58. The summed E-state index contributed by atoms with van der Waals surface area (Å²) >= 11 is 6.16. The Morgan fingerprint density at radius 1 is 1.16 bits per heavy atom. The van der Waals surface area contributed by atoms with Crippen molar-refractivity contribution in [1.82, 2.24) is 19.8 Å². The third kappa shape index (κ3) is 2.34. The summed E-state index contributed by atoms with van der Waals surface area (Å²) in [6.45, 7) is 3.99. The van der Waals surface area contributed by atoms with Gasteiger partial charge < -0.3 is 0 Å². The fourth-order valence-electron chi connectivity index (χ4n) is 2.92. The molecule has 5 heteroatoms. The zero-order valence-corrected chi connectivity index (χ0v) is 12.2. The van der Waals surface area contributed by atoms with Crippen LogP contribution >= 0.6 is 11.6 Å². The molecule has 0 unspecified atom stereocenters. The first-order chi connectivity index (χ1) is 9.16. The van der Waals surface area contributed by atoms with Gasteiger partial charge in [-0.3, -0.25) is 0 Å². The van der Waals surface area contributed by atoms with E-state index in [0.717, 1.165) is 34.9 Å². The van der Waals surface area contributed by atoms with Crippen LogP contribution in [0.25, 0.3) is 5.65 Å². The lowest BCUT2D eigenvalue weighted by Gasteiger charge is -2.08. The minimum absolute atomic E-state index is 0.548. The topological polar surface area (TPSA) is 43.1 Å². The molecule has 2 aromatic rings. The van der Waals surface area contributed by atoms with Gasteiger partial charge in [-0.15, -0.1) is 10.2 Å². The summed E-state index contributed by atoms with van der Waals surface area (Å²) in [7, 11) is 0. The number of rotatable bonds is 3. The molecule has 1 aliphatic carbocycles. The Morgan fingerprint density at radius 3 is 2.63 bits per heavy atom. The van der Waals surface area contributed by atoms with Crippen molar-refractivity contribution in [2.75, 3.05) is 0 Å². The van der Waals surface area contributed by atoms with E-state index < -0.39 is 0 Å². The molecule has 1 saturated carbocycles. The van der Waals surface area contributed by atoms with Crippen molar-refractivity contribution in [3.05, 3.63) is 22.1 Å². The van der Waals surface area contributed by atoms with E-state index in [4.69, 9.17) is 11.6 Å². The molecule has 0 spiro atoms. The molecular formula is C14H19ClN4. The van der Waals surface area contributed by atoms with Crippen molar-refractivity contribution in [3.8, 4) is 0 Å². The number of aromatic nitrogens is 4. The summed E-state index contributed by atoms with van der Waals surface area (Å²) < 4.78 is 1.82. The van der Waals surface area contributed by atoms with Gasteiger partial charge >= 0.3 is 0 Å². The maximum absolute atomic E-state index is 6.16. The standard InChI is InChI=1S/C14H19ClN4/c1-9-10(2)14-17-16-12(19(14)18-13(9)15)8-7-11-5-3-4-6-11/h11H,3-8H2,1-2H3. The number of fused-ring (bicyclic) bond motifs is 1. The predicted octanol–water partition coefficient (Wildman–Crippen LogP) is 3.52. The molecule has 0 atom stereocenters. The lowest BCUT2D eigenvalue weighted by atomic mass is 10.0. The maximum Gasteiger partial charge on any atom is 0.181 e. The number of nitrogens with zero attached hydrogens (tertiary/aromatic N) is 4. The molecule has 0 N–H and O–H groups in total. The second-order valence-corrected chi connectivity index (χ2v) is 5.94. The van der Waals surface area contributed by atoms with Crippen LogP contribution in [0.2, 0.25) is 5.15 Å². The van der Waals surface area contributed by atoms with Crippen LogP contribution in [0.4, 0.5) is 0 Å². The van der Waals surface area contributed by atoms with Crippen LogP contribution in [0.3, 0.4) is 0 Å². The lowest BCUT2D eigenvalue weighted by molar-refractivity contribution is 0.493. The Kier molecular flexibility index (Phi) is 3.44. The predicted molar refractivity (Wildman–Crippen MR) is 75.5 cm³/mol. The highest BCUT2D eigenvalue weighted by atomic mass is 35.5. The minimum atomic E-state index is 0.548. The van der Waals surface area contributed by atoms with Gasteiger partial charge in [0.1, 0.15) is 0 Å². The Morgan fingerprint density at radius 2 is 1.89 bits per heavy atom. The van der Waals surface area contributed by atoms with E-state index in [1.807, 2.05) is 18.4 Å². The van der Waals surface area contributed by atoms with Crippen LogP contribution in [0, 0.1) is 19.8 Å². The van der Waals surface area contributed by atoms with Gasteiger partial charge in [-0.05, 0) is 31.7 Å². The van der Waals surface area contributed by atoms with E-state index in [1.165, 1.54) is 32.1 Å². The second kappa shape index (κ2) is 5.08. The molecule has 102 valence electrons. The van der Waals surface area contributed by atoms with Crippen molar-refractivity contribution in [3.63, 3.8) is 0 Å². The largest absolute Gasteiger partial charge is 0.196 e. The highest BCUT2D eigenvalue weighted by Crippen LogP contribution is 2.28. The molecule has 4 nitrogen and oxygen atoms in total. The highest BCUT2D eigenvalue weighted by Gasteiger charge is 2.18. The number of hydrogen-bond acceptors (Lipinski definition) is 3. The van der Waals surface area contributed by atoms with E-state index in [9.17, 15) is 0 Å². The Bertz CT molecular complexity index is 599. The van der Waals surface area contributed by atoms with Crippen molar-refractivity contribution in [1.29, 1.82) is 0 Å². The summed E-state index contributed by atoms with van der Waals surface area (Å²) in [5, 5.41) is 13.5. The molecule has 3 rings (SSSR count). The molecule has 19 heavy (non-hydrogen) atoms. The number of halogens is 1. The lowest BCUT2D eigenvalue weighted by Crippen LogP contribution is -2.05. The molecule has 2 heterocycles. The molecule has 0 radical (unpaired) electrons. The summed E-state index contributed by atoms with van der Waals surface area (Å²) in [5.41, 5.74) is 2.90. The quantitative estimate of drug-likeness (QED) is 0.863. The van der Waals surface area contributed by atoms with Crippen LogP contribution in [0.15, 0.2) is 0 Å². The van der Waals surface area contributed by atoms with Crippen molar-refractivity contribution in [2.45, 2.75) is 52.4 Å². The first kappa shape index (κ1) is 12.9. The Balaban J connectivity index is 1.87. The van der Waals surface area contributed by atoms with E-state index in [0.29, 0.717) is 5.15 Å². The SMILES string of the molecule is Cc1c(Cl)nn2c(CCC3CCCC3)nnc2c1C. The van der Waals surface area contributed by atoms with Crippen molar-refractivity contribution in [2.24, 2.45) is 5.92 Å². The van der Waals surface area contributed by atoms with Gasteiger partial charge in [-0.1, -0.05) is 37.3 Å². The summed E-state index contributed by atoms with van der Waals surface area (Å²) in [6.07, 6.45) is 7.62. The summed E-state index contributed by atoms with van der Waals surface area (Å²) in [5.74, 6) is 1.79. The summed E-state index contributed by atoms with van der Waals surface area (Å²) in [6, 6.07) is 0. The van der Waals surface area contributed by atoms with Crippen LogP contribution < -0.4 is 0 Å². The van der Waals surface area contributed by atoms with E-state index >= 15 is 0 Å². The Labute approximate surface area is 118 Å². The fraction of sp³-hybridized carbons (Fsp3) is 0.643. The van der Waals surface area contributed by atoms with Crippen LogP contribution in [-0.4, -0.2) is 19.8 Å². The Hall–Kier alpha value is -1.16. The average Bonchev–Trinajstić information content (AvgIpc) is 3.03. The highest BCUT2D eigenvalue weighted by molar-refractivity contribution is 6.30. The number of hydrogen-bond donors (Lipinski definition) is 0. The van der Waals surface area contributed by atoms with Crippen LogP contribution in [0.1, 0.15) is 49.1 Å². The minimum Gasteiger partial charge on any atom is -0.196 e. The van der Waals surface area contributed by atoms with Gasteiger partial charge in [-0.2, -0.15) is 9.61 Å². The molecule has 0 aliphatic heterocycles. The molecule has 0 bridgehead atoms. The van der Waals surface area contributed by atoms with Gasteiger partial charge in [0.25, 0.3) is 0 Å². The van der Waals surface area contributed by atoms with E-state index in [2.05, 4.69) is 15.3 Å². The van der Waals surface area contributed by atoms with Gasteiger partial charge in [-0.25, -0.2) is 0 Å². The zero-order chi connectivity index (χ0) is 13.4. The third-order valence-corrected chi connectivity index (χ3v) is 4.71. The van der Waals surface area contributed by atoms with E-state index in [-0.39, 0.29) is 0 Å². The van der Waals surface area contributed by atoms with Crippen molar-refractivity contribution >= 4 is 17.2 Å². The number of aryl methyl sites for hydroxylation is 2. The zero-order valence-electron chi connectivity index (χ0n) is 11.5. The normalized spacial score (nSPS) is 16.6. The average molecular weight is 279 g/mol. The fourth-order valence-corrected chi connectivity index (χ4v) is 3.14. The molecule has 1 fully saturated rings. The first-order valence-electron chi connectivity index (χ1n) is 7.04. The smallest absolute Gasteiger partial charge is 0.181 e. The summed E-state index contributed by atoms with van der Waals surface area (Å²) in [4.78, 5) is 0. The molecule has 2 aromatic heterocycles. The van der Waals surface area contributed by atoms with Crippen molar-refractivity contribution < 1.29 is 0 Å². The molecule has 0 amide bonds. The molecular weight excluding hydrogens is 260 g/mol. The van der Waals surface area contributed by atoms with E-state index in [1.54, 1.807) is 0 Å². The monoisotopic (exact) mass is 278 g/mol. The van der Waals surface area contributed by atoms with Gasteiger partial charge in [0.2, 0.25) is 0 Å². The maximum atomic E-state index is 6.16. The van der Waals surface area contributed by atoms with Gasteiger partial charge in [0, 0.05) is 12.0 Å². The van der Waals surface area contributed by atoms with Crippen LogP contribution in [0.5, 0.6) is 0 Å². The van der Waals surface area contributed by atoms with Gasteiger partial charge in [0.05, 0.1) is 0 Å². The van der Waals surface area contributed by atoms with Crippen LogP contribution in [-0.2, 0) is 6.42 Å². The van der Waals surface area contributed by atoms with Gasteiger partial charge in [0.15, 0.2) is 16.6 Å². The first-order valence-corrected chi connectivity index (χ1v) is 7.41. The molecule has 0 aromatic carbocycles. The molecule has 0 saturated heterocycles.